The maximum absolute atomic E-state index is 8.78. The van der Waals surface area contributed by atoms with Gasteiger partial charge in [0, 0.05) is 26.2 Å². The van der Waals surface area contributed by atoms with E-state index in [1.807, 2.05) is 32.8 Å². The van der Waals surface area contributed by atoms with Crippen LogP contribution in [0.25, 0.3) is 0 Å². The maximum atomic E-state index is 8.78. The zero-order valence-electron chi connectivity index (χ0n) is 10.2. The summed E-state index contributed by atoms with van der Waals surface area (Å²) in [6.07, 6.45) is 1.53. The summed E-state index contributed by atoms with van der Waals surface area (Å²) in [6, 6.07) is 2.21. The molecule has 1 heterocycles. The standard InChI is InChI=1S/C11H17N5/c1-8(5-12)6-16(4)11-9(2)10(13-3)14-7-15-11/h7-8H,6H2,1-4H3,(H,13,14,15). The minimum absolute atomic E-state index is 0.0163. The van der Waals surface area contributed by atoms with Gasteiger partial charge in [-0.25, -0.2) is 9.97 Å². The summed E-state index contributed by atoms with van der Waals surface area (Å²) in [5.74, 6) is 1.67. The summed E-state index contributed by atoms with van der Waals surface area (Å²) in [6.45, 7) is 4.53. The molecular formula is C11H17N5. The van der Waals surface area contributed by atoms with Crippen LogP contribution in [0.15, 0.2) is 6.33 Å². The highest BCUT2D eigenvalue weighted by Gasteiger charge is 2.12. The van der Waals surface area contributed by atoms with Crippen LogP contribution in [0.5, 0.6) is 0 Å². The van der Waals surface area contributed by atoms with Crippen molar-refractivity contribution in [2.75, 3.05) is 30.9 Å². The van der Waals surface area contributed by atoms with Gasteiger partial charge in [0.05, 0.1) is 12.0 Å². The van der Waals surface area contributed by atoms with Crippen LogP contribution < -0.4 is 10.2 Å². The van der Waals surface area contributed by atoms with E-state index in [1.165, 1.54) is 6.33 Å². The SMILES string of the molecule is CNc1ncnc(N(C)CC(C)C#N)c1C. The highest BCUT2D eigenvalue weighted by Crippen LogP contribution is 2.21. The van der Waals surface area contributed by atoms with Crippen LogP contribution in [0.4, 0.5) is 11.6 Å². The summed E-state index contributed by atoms with van der Waals surface area (Å²) >= 11 is 0. The Balaban J connectivity index is 2.92. The Kier molecular flexibility index (Phi) is 4.06. The molecule has 86 valence electrons. The molecule has 0 aliphatic rings. The van der Waals surface area contributed by atoms with Gasteiger partial charge in [0.1, 0.15) is 18.0 Å². The minimum Gasteiger partial charge on any atom is -0.373 e. The average Bonchev–Trinajstić information content (AvgIpc) is 2.29. The Hall–Kier alpha value is -1.83. The van der Waals surface area contributed by atoms with Crippen molar-refractivity contribution in [2.24, 2.45) is 5.92 Å². The van der Waals surface area contributed by atoms with E-state index >= 15 is 0 Å². The number of nitrogens with zero attached hydrogens (tertiary/aromatic N) is 4. The molecule has 0 bridgehead atoms. The fourth-order valence-corrected chi connectivity index (χ4v) is 1.62. The number of nitriles is 1. The van der Waals surface area contributed by atoms with Gasteiger partial charge in [-0.1, -0.05) is 0 Å². The summed E-state index contributed by atoms with van der Waals surface area (Å²) in [5.41, 5.74) is 0.998. The molecule has 1 unspecified atom stereocenters. The molecule has 0 saturated carbocycles. The maximum Gasteiger partial charge on any atom is 0.136 e. The molecule has 0 aliphatic carbocycles. The molecule has 0 spiro atoms. The molecule has 0 fully saturated rings. The highest BCUT2D eigenvalue weighted by atomic mass is 15.2. The van der Waals surface area contributed by atoms with Crippen LogP contribution in [0.1, 0.15) is 12.5 Å². The van der Waals surface area contributed by atoms with Crippen molar-refractivity contribution < 1.29 is 0 Å². The van der Waals surface area contributed by atoms with Gasteiger partial charge in [-0.05, 0) is 13.8 Å². The van der Waals surface area contributed by atoms with Crippen molar-refractivity contribution in [1.29, 1.82) is 5.26 Å². The third kappa shape index (κ3) is 2.60. The molecule has 16 heavy (non-hydrogen) atoms. The molecule has 0 amide bonds. The number of hydrogen-bond donors (Lipinski definition) is 1. The lowest BCUT2D eigenvalue weighted by Gasteiger charge is -2.21. The molecule has 0 saturated heterocycles. The van der Waals surface area contributed by atoms with Gasteiger partial charge in [-0.15, -0.1) is 0 Å². The lowest BCUT2D eigenvalue weighted by molar-refractivity contribution is 0.707. The molecule has 1 N–H and O–H groups in total. The molecule has 1 atom stereocenters. The van der Waals surface area contributed by atoms with Crippen LogP contribution >= 0.6 is 0 Å². The van der Waals surface area contributed by atoms with E-state index in [0.717, 1.165) is 17.2 Å². The summed E-state index contributed by atoms with van der Waals surface area (Å²) < 4.78 is 0. The topological polar surface area (TPSA) is 64.8 Å². The third-order valence-corrected chi connectivity index (χ3v) is 2.42. The first-order chi connectivity index (χ1) is 7.60. The van der Waals surface area contributed by atoms with E-state index in [-0.39, 0.29) is 5.92 Å². The minimum atomic E-state index is -0.0163. The number of rotatable bonds is 4. The fraction of sp³-hybridized carbons (Fsp3) is 0.545. The number of hydrogen-bond acceptors (Lipinski definition) is 5. The molecule has 5 heteroatoms. The lowest BCUT2D eigenvalue weighted by atomic mass is 10.2. The predicted octanol–water partition coefficient (Wildman–Crippen LogP) is 1.42. The second-order valence-electron chi connectivity index (χ2n) is 3.83. The van der Waals surface area contributed by atoms with E-state index < -0.39 is 0 Å². The van der Waals surface area contributed by atoms with E-state index in [0.29, 0.717) is 6.54 Å². The molecule has 0 aliphatic heterocycles. The third-order valence-electron chi connectivity index (χ3n) is 2.42. The molecule has 1 aromatic rings. The van der Waals surface area contributed by atoms with E-state index in [4.69, 9.17) is 5.26 Å². The Labute approximate surface area is 96.1 Å². The van der Waals surface area contributed by atoms with E-state index in [9.17, 15) is 0 Å². The van der Waals surface area contributed by atoms with Crippen molar-refractivity contribution in [2.45, 2.75) is 13.8 Å². The fourth-order valence-electron chi connectivity index (χ4n) is 1.62. The first-order valence-corrected chi connectivity index (χ1v) is 5.20. The van der Waals surface area contributed by atoms with Crippen molar-refractivity contribution >= 4 is 11.6 Å². The van der Waals surface area contributed by atoms with Crippen molar-refractivity contribution in [3.63, 3.8) is 0 Å². The summed E-state index contributed by atoms with van der Waals surface area (Å²) in [4.78, 5) is 10.3. The van der Waals surface area contributed by atoms with Gasteiger partial charge in [-0.2, -0.15) is 5.26 Å². The molecule has 0 radical (unpaired) electrons. The first-order valence-electron chi connectivity index (χ1n) is 5.20. The van der Waals surface area contributed by atoms with Crippen LogP contribution in [0.3, 0.4) is 0 Å². The van der Waals surface area contributed by atoms with Gasteiger partial charge < -0.3 is 10.2 Å². The lowest BCUT2D eigenvalue weighted by Crippen LogP contribution is -2.25. The average molecular weight is 219 g/mol. The molecule has 0 aromatic carbocycles. The largest absolute Gasteiger partial charge is 0.373 e. The number of nitrogens with one attached hydrogen (secondary N) is 1. The summed E-state index contributed by atoms with van der Waals surface area (Å²) in [7, 11) is 3.76. The second-order valence-corrected chi connectivity index (χ2v) is 3.83. The Morgan fingerprint density at radius 2 is 2.25 bits per heavy atom. The van der Waals surface area contributed by atoms with E-state index in [2.05, 4.69) is 21.4 Å². The summed E-state index contributed by atoms with van der Waals surface area (Å²) in [5, 5.41) is 11.8. The van der Waals surface area contributed by atoms with Gasteiger partial charge in [0.25, 0.3) is 0 Å². The monoisotopic (exact) mass is 219 g/mol. The van der Waals surface area contributed by atoms with Gasteiger partial charge in [0.15, 0.2) is 0 Å². The Bertz CT molecular complexity index is 396. The Morgan fingerprint density at radius 1 is 1.56 bits per heavy atom. The normalized spacial score (nSPS) is 11.7. The van der Waals surface area contributed by atoms with Gasteiger partial charge in [-0.3, -0.25) is 0 Å². The van der Waals surface area contributed by atoms with Crippen LogP contribution in [-0.2, 0) is 0 Å². The van der Waals surface area contributed by atoms with E-state index in [1.54, 1.807) is 0 Å². The Morgan fingerprint density at radius 3 is 2.81 bits per heavy atom. The zero-order valence-corrected chi connectivity index (χ0v) is 10.2. The quantitative estimate of drug-likeness (QED) is 0.829. The zero-order chi connectivity index (χ0) is 12.1. The number of aromatic nitrogens is 2. The molecule has 1 rings (SSSR count). The van der Waals surface area contributed by atoms with Gasteiger partial charge in [0.2, 0.25) is 0 Å². The smallest absolute Gasteiger partial charge is 0.136 e. The predicted molar refractivity (Wildman–Crippen MR) is 64.4 cm³/mol. The van der Waals surface area contributed by atoms with Gasteiger partial charge >= 0.3 is 0 Å². The number of anilines is 2. The van der Waals surface area contributed by atoms with Crippen molar-refractivity contribution in [3.05, 3.63) is 11.9 Å². The van der Waals surface area contributed by atoms with Crippen LogP contribution in [-0.4, -0.2) is 30.6 Å². The highest BCUT2D eigenvalue weighted by molar-refractivity contribution is 5.57. The van der Waals surface area contributed by atoms with Crippen LogP contribution in [0.2, 0.25) is 0 Å². The van der Waals surface area contributed by atoms with Crippen molar-refractivity contribution in [3.8, 4) is 6.07 Å². The molecular weight excluding hydrogens is 202 g/mol. The van der Waals surface area contributed by atoms with Crippen molar-refractivity contribution in [1.82, 2.24) is 9.97 Å². The molecule has 1 aromatic heterocycles. The first kappa shape index (κ1) is 12.2. The van der Waals surface area contributed by atoms with Crippen LogP contribution in [0, 0.1) is 24.2 Å². The second kappa shape index (κ2) is 5.31. The molecule has 5 nitrogen and oxygen atoms in total.